The first-order valence-electron chi connectivity index (χ1n) is 7.59. The standard InChI is InChI=1S/C17H24N2O2/c1-12-4-5-15(10-13(12)2)16(20)6-7-17(21)19-9-8-18-11-14(19)3/h4-5,10,14,18H,6-9,11H2,1-3H3/t14-/m1/s1. The number of piperazine rings is 1. The number of nitrogens with one attached hydrogen (secondary N) is 1. The summed E-state index contributed by atoms with van der Waals surface area (Å²) in [5, 5.41) is 3.26. The summed E-state index contributed by atoms with van der Waals surface area (Å²) in [4.78, 5) is 26.3. The molecule has 1 amide bonds. The average molecular weight is 288 g/mol. The SMILES string of the molecule is Cc1ccc(C(=O)CCC(=O)N2CCNC[C@H]2C)cc1C. The van der Waals surface area contributed by atoms with E-state index in [9.17, 15) is 9.59 Å². The Hall–Kier alpha value is -1.68. The Bertz CT molecular complexity index is 540. The number of benzene rings is 1. The number of Topliss-reactive ketones (excluding diaryl/α,β-unsaturated/α-hetero) is 1. The average Bonchev–Trinajstić information content (AvgIpc) is 2.47. The van der Waals surface area contributed by atoms with Crippen molar-refractivity contribution < 1.29 is 9.59 Å². The van der Waals surface area contributed by atoms with Gasteiger partial charge in [0.1, 0.15) is 0 Å². The molecule has 114 valence electrons. The van der Waals surface area contributed by atoms with Crippen LogP contribution in [0.15, 0.2) is 18.2 Å². The molecular formula is C17H24N2O2. The smallest absolute Gasteiger partial charge is 0.223 e. The summed E-state index contributed by atoms with van der Waals surface area (Å²) in [6.45, 7) is 8.46. The predicted molar refractivity (Wildman–Crippen MR) is 83.5 cm³/mol. The lowest BCUT2D eigenvalue weighted by Crippen LogP contribution is -2.52. The number of rotatable bonds is 4. The number of carbonyl (C=O) groups excluding carboxylic acids is 2. The van der Waals surface area contributed by atoms with Crippen LogP contribution in [0.3, 0.4) is 0 Å². The van der Waals surface area contributed by atoms with Crippen molar-refractivity contribution in [1.82, 2.24) is 10.2 Å². The highest BCUT2D eigenvalue weighted by atomic mass is 16.2. The summed E-state index contributed by atoms with van der Waals surface area (Å²) in [6, 6.07) is 5.93. The van der Waals surface area contributed by atoms with E-state index in [2.05, 4.69) is 5.32 Å². The maximum atomic E-state index is 12.2. The lowest BCUT2D eigenvalue weighted by Gasteiger charge is -2.34. The van der Waals surface area contributed by atoms with Gasteiger partial charge in [-0.2, -0.15) is 0 Å². The van der Waals surface area contributed by atoms with Gasteiger partial charge in [0.2, 0.25) is 5.91 Å². The predicted octanol–water partition coefficient (Wildman–Crippen LogP) is 2.09. The minimum absolute atomic E-state index is 0.0502. The summed E-state index contributed by atoms with van der Waals surface area (Å²) in [5.74, 6) is 0.135. The number of hydrogen-bond donors (Lipinski definition) is 1. The van der Waals surface area contributed by atoms with Gasteiger partial charge >= 0.3 is 0 Å². The van der Waals surface area contributed by atoms with Gasteiger partial charge in [-0.05, 0) is 38.0 Å². The van der Waals surface area contributed by atoms with Crippen molar-refractivity contribution in [2.45, 2.75) is 39.7 Å². The van der Waals surface area contributed by atoms with Gasteiger partial charge in [-0.3, -0.25) is 9.59 Å². The number of hydrogen-bond acceptors (Lipinski definition) is 3. The van der Waals surface area contributed by atoms with Crippen molar-refractivity contribution in [3.63, 3.8) is 0 Å². The van der Waals surface area contributed by atoms with E-state index in [4.69, 9.17) is 0 Å². The van der Waals surface area contributed by atoms with Crippen molar-refractivity contribution in [1.29, 1.82) is 0 Å². The number of ketones is 1. The van der Waals surface area contributed by atoms with E-state index in [1.807, 2.05) is 43.9 Å². The minimum Gasteiger partial charge on any atom is -0.337 e. The molecule has 1 heterocycles. The van der Waals surface area contributed by atoms with Crippen molar-refractivity contribution in [2.75, 3.05) is 19.6 Å². The van der Waals surface area contributed by atoms with Crippen LogP contribution < -0.4 is 5.32 Å². The Kier molecular flexibility index (Phi) is 5.12. The second kappa shape index (κ2) is 6.85. The van der Waals surface area contributed by atoms with E-state index in [0.717, 1.165) is 25.2 Å². The van der Waals surface area contributed by atoms with Crippen LogP contribution in [0.5, 0.6) is 0 Å². The Morgan fingerprint density at radius 3 is 2.67 bits per heavy atom. The van der Waals surface area contributed by atoms with Gasteiger partial charge in [0.05, 0.1) is 0 Å². The molecule has 1 saturated heterocycles. The molecule has 0 bridgehead atoms. The molecule has 1 N–H and O–H groups in total. The largest absolute Gasteiger partial charge is 0.337 e. The zero-order valence-electron chi connectivity index (χ0n) is 13.1. The van der Waals surface area contributed by atoms with Crippen LogP contribution in [0.25, 0.3) is 0 Å². The Balaban J connectivity index is 1.91. The summed E-state index contributed by atoms with van der Waals surface area (Å²) in [7, 11) is 0. The normalized spacial score (nSPS) is 18.6. The lowest BCUT2D eigenvalue weighted by molar-refractivity contribution is -0.133. The zero-order chi connectivity index (χ0) is 15.4. The highest BCUT2D eigenvalue weighted by Gasteiger charge is 2.23. The molecule has 2 rings (SSSR count). The first-order valence-corrected chi connectivity index (χ1v) is 7.59. The minimum atomic E-state index is 0.0502. The summed E-state index contributed by atoms with van der Waals surface area (Å²) in [5.41, 5.74) is 3.00. The van der Waals surface area contributed by atoms with E-state index in [1.54, 1.807) is 0 Å². The molecule has 21 heavy (non-hydrogen) atoms. The van der Waals surface area contributed by atoms with Crippen molar-refractivity contribution in [3.05, 3.63) is 34.9 Å². The lowest BCUT2D eigenvalue weighted by atomic mass is 10.0. The first kappa shape index (κ1) is 15.7. The Morgan fingerprint density at radius 1 is 1.24 bits per heavy atom. The molecule has 4 heteroatoms. The maximum Gasteiger partial charge on any atom is 0.223 e. The first-order chi connectivity index (χ1) is 9.99. The molecule has 0 unspecified atom stereocenters. The Morgan fingerprint density at radius 2 is 2.00 bits per heavy atom. The van der Waals surface area contributed by atoms with E-state index in [1.165, 1.54) is 5.56 Å². The number of aryl methyl sites for hydroxylation is 2. The van der Waals surface area contributed by atoms with E-state index < -0.39 is 0 Å². The van der Waals surface area contributed by atoms with Crippen LogP contribution in [-0.4, -0.2) is 42.3 Å². The molecule has 0 saturated carbocycles. The van der Waals surface area contributed by atoms with E-state index >= 15 is 0 Å². The third-order valence-electron chi connectivity index (χ3n) is 4.22. The van der Waals surface area contributed by atoms with Crippen molar-refractivity contribution in [2.24, 2.45) is 0 Å². The fourth-order valence-corrected chi connectivity index (χ4v) is 2.63. The van der Waals surface area contributed by atoms with Crippen LogP contribution in [0.1, 0.15) is 41.3 Å². The van der Waals surface area contributed by atoms with Crippen molar-refractivity contribution >= 4 is 11.7 Å². The van der Waals surface area contributed by atoms with E-state index in [0.29, 0.717) is 12.0 Å². The van der Waals surface area contributed by atoms with E-state index in [-0.39, 0.29) is 24.2 Å². The molecule has 0 aliphatic carbocycles. The molecular weight excluding hydrogens is 264 g/mol. The van der Waals surface area contributed by atoms with Crippen molar-refractivity contribution in [3.8, 4) is 0 Å². The summed E-state index contributed by atoms with van der Waals surface area (Å²) < 4.78 is 0. The topological polar surface area (TPSA) is 49.4 Å². The molecule has 1 aromatic carbocycles. The summed E-state index contributed by atoms with van der Waals surface area (Å²) in [6.07, 6.45) is 0.591. The third-order valence-corrected chi connectivity index (χ3v) is 4.22. The van der Waals surface area contributed by atoms with Crippen LogP contribution in [0.4, 0.5) is 0 Å². The van der Waals surface area contributed by atoms with Crippen LogP contribution in [0, 0.1) is 13.8 Å². The van der Waals surface area contributed by atoms with Gasteiger partial charge < -0.3 is 10.2 Å². The second-order valence-electron chi connectivity index (χ2n) is 5.86. The van der Waals surface area contributed by atoms with Crippen LogP contribution in [0.2, 0.25) is 0 Å². The molecule has 1 aliphatic heterocycles. The molecule has 0 spiro atoms. The van der Waals surface area contributed by atoms with Gasteiger partial charge in [0.15, 0.2) is 5.78 Å². The van der Waals surface area contributed by atoms with Gasteiger partial charge in [-0.1, -0.05) is 12.1 Å². The highest BCUT2D eigenvalue weighted by Crippen LogP contribution is 2.14. The quantitative estimate of drug-likeness (QED) is 0.863. The van der Waals surface area contributed by atoms with Gasteiger partial charge in [0.25, 0.3) is 0 Å². The number of nitrogens with zero attached hydrogens (tertiary/aromatic N) is 1. The molecule has 1 aliphatic rings. The molecule has 0 aromatic heterocycles. The monoisotopic (exact) mass is 288 g/mol. The van der Waals surface area contributed by atoms with Crippen LogP contribution >= 0.6 is 0 Å². The number of carbonyl (C=O) groups is 2. The fourth-order valence-electron chi connectivity index (χ4n) is 2.63. The van der Waals surface area contributed by atoms with Gasteiger partial charge in [0, 0.05) is 44.1 Å². The highest BCUT2D eigenvalue weighted by molar-refractivity contribution is 5.98. The zero-order valence-corrected chi connectivity index (χ0v) is 13.1. The molecule has 1 atom stereocenters. The summed E-state index contributed by atoms with van der Waals surface area (Å²) >= 11 is 0. The molecule has 4 nitrogen and oxygen atoms in total. The van der Waals surface area contributed by atoms with Gasteiger partial charge in [-0.15, -0.1) is 0 Å². The van der Waals surface area contributed by atoms with Crippen LogP contribution in [-0.2, 0) is 4.79 Å². The Labute approximate surface area is 126 Å². The molecule has 1 fully saturated rings. The number of amides is 1. The fraction of sp³-hybridized carbons (Fsp3) is 0.529. The third kappa shape index (κ3) is 3.91. The maximum absolute atomic E-state index is 12.2. The molecule has 1 aromatic rings. The second-order valence-corrected chi connectivity index (χ2v) is 5.86. The molecule has 0 radical (unpaired) electrons. The van der Waals surface area contributed by atoms with Gasteiger partial charge in [-0.25, -0.2) is 0 Å².